The van der Waals surface area contributed by atoms with Crippen LogP contribution in [0, 0.1) is 0 Å². The molecule has 0 fully saturated rings. The van der Waals surface area contributed by atoms with Crippen molar-refractivity contribution in [2.24, 2.45) is 0 Å². The minimum absolute atomic E-state index is 0.000501. The molecule has 4 aromatic rings. The number of carbonyl (C=O) groups is 3. The summed E-state index contributed by atoms with van der Waals surface area (Å²) in [5.74, 6) is 0.313. The fraction of sp³-hybridized carbons (Fsp3) is 0.323. The molecular weight excluding hydrogens is 638 g/mol. The second-order valence-corrected chi connectivity index (χ2v) is 12.5. The number of ether oxygens (including phenoxy) is 3. The third-order valence-corrected chi connectivity index (χ3v) is 9.39. The molecule has 0 radical (unpaired) electrons. The molecule has 0 unspecified atom stereocenters. The quantitative estimate of drug-likeness (QED) is 0.144. The summed E-state index contributed by atoms with van der Waals surface area (Å²) in [7, 11) is 3.02. The molecule has 0 atom stereocenters. The molecule has 11 nitrogen and oxygen atoms in total. The molecule has 0 saturated carbocycles. The molecule has 2 aromatic heterocycles. The zero-order chi connectivity index (χ0) is 31.9. The molecule has 2 heterocycles. The Morgan fingerprint density at radius 2 is 1.80 bits per heavy atom. The maximum absolute atomic E-state index is 13.2. The molecule has 2 amide bonds. The molecule has 45 heavy (non-hydrogen) atoms. The zero-order valence-electron chi connectivity index (χ0n) is 25.0. The van der Waals surface area contributed by atoms with Crippen molar-refractivity contribution in [2.45, 2.75) is 44.3 Å². The summed E-state index contributed by atoms with van der Waals surface area (Å²) in [6.07, 6.45) is 3.71. The van der Waals surface area contributed by atoms with Gasteiger partial charge >= 0.3 is 5.97 Å². The van der Waals surface area contributed by atoms with Crippen molar-refractivity contribution in [1.82, 2.24) is 20.1 Å². The average Bonchev–Trinajstić information content (AvgIpc) is 3.63. The van der Waals surface area contributed by atoms with Crippen LogP contribution in [0.2, 0.25) is 5.02 Å². The predicted octanol–water partition coefficient (Wildman–Crippen LogP) is 5.72. The lowest BCUT2D eigenvalue weighted by Crippen LogP contribution is -2.24. The number of aryl methyl sites for hydroxylation is 1. The molecule has 1 aliphatic carbocycles. The molecule has 2 N–H and O–H groups in total. The van der Waals surface area contributed by atoms with Gasteiger partial charge in [-0.1, -0.05) is 29.4 Å². The fourth-order valence-electron chi connectivity index (χ4n) is 4.95. The minimum Gasteiger partial charge on any atom is -0.497 e. The van der Waals surface area contributed by atoms with Gasteiger partial charge in [-0.05, 0) is 68.5 Å². The summed E-state index contributed by atoms with van der Waals surface area (Å²) < 4.78 is 17.6. The van der Waals surface area contributed by atoms with Crippen molar-refractivity contribution >= 4 is 57.5 Å². The number of esters is 1. The SMILES string of the molecule is CCOC(=O)c1c(NC(=O)CSc2nnc(CNC(=O)c3cc(OC)cc(OC)c3)n2-c2cccc(Cl)c2)sc2c1CCCC2. The van der Waals surface area contributed by atoms with Crippen LogP contribution in [0.15, 0.2) is 47.6 Å². The van der Waals surface area contributed by atoms with Crippen LogP contribution in [-0.4, -0.2) is 59.1 Å². The molecule has 236 valence electrons. The first-order valence-electron chi connectivity index (χ1n) is 14.3. The molecule has 0 aliphatic heterocycles. The highest BCUT2D eigenvalue weighted by molar-refractivity contribution is 7.99. The number of hydrogen-bond acceptors (Lipinski definition) is 10. The number of nitrogens with one attached hydrogen (secondary N) is 2. The van der Waals surface area contributed by atoms with E-state index < -0.39 is 5.97 Å². The Balaban J connectivity index is 1.34. The van der Waals surface area contributed by atoms with Gasteiger partial charge in [-0.2, -0.15) is 0 Å². The van der Waals surface area contributed by atoms with Crippen LogP contribution in [-0.2, 0) is 28.9 Å². The molecule has 1 aliphatic rings. The number of methoxy groups -OCH3 is 2. The Labute approximate surface area is 273 Å². The normalized spacial score (nSPS) is 12.3. The van der Waals surface area contributed by atoms with Crippen molar-refractivity contribution in [3.05, 3.63) is 74.9 Å². The van der Waals surface area contributed by atoms with Crippen LogP contribution in [0.5, 0.6) is 11.5 Å². The summed E-state index contributed by atoms with van der Waals surface area (Å²) in [5.41, 5.74) is 2.46. The van der Waals surface area contributed by atoms with Gasteiger partial charge in [0.1, 0.15) is 16.5 Å². The van der Waals surface area contributed by atoms with Crippen LogP contribution >= 0.6 is 34.7 Å². The monoisotopic (exact) mass is 669 g/mol. The highest BCUT2D eigenvalue weighted by Crippen LogP contribution is 2.39. The van der Waals surface area contributed by atoms with Crippen molar-refractivity contribution in [1.29, 1.82) is 0 Å². The van der Waals surface area contributed by atoms with E-state index in [1.54, 1.807) is 47.9 Å². The number of nitrogens with zero attached hydrogens (tertiary/aromatic N) is 3. The zero-order valence-corrected chi connectivity index (χ0v) is 27.4. The lowest BCUT2D eigenvalue weighted by molar-refractivity contribution is -0.113. The van der Waals surface area contributed by atoms with E-state index in [9.17, 15) is 14.4 Å². The second kappa shape index (κ2) is 14.8. The number of rotatable bonds is 12. The van der Waals surface area contributed by atoms with Crippen LogP contribution < -0.4 is 20.1 Å². The Bertz CT molecular complexity index is 1700. The Morgan fingerprint density at radius 3 is 2.51 bits per heavy atom. The van der Waals surface area contributed by atoms with E-state index in [0.29, 0.717) is 49.3 Å². The molecular formula is C31H32ClN5O6S2. The number of carbonyl (C=O) groups excluding carboxylic acids is 3. The van der Waals surface area contributed by atoms with Crippen molar-refractivity contribution in [3.63, 3.8) is 0 Å². The van der Waals surface area contributed by atoms with Gasteiger partial charge < -0.3 is 24.8 Å². The van der Waals surface area contributed by atoms with E-state index in [0.717, 1.165) is 36.1 Å². The smallest absolute Gasteiger partial charge is 0.341 e. The number of halogens is 1. The minimum atomic E-state index is -0.417. The standard InChI is InChI=1S/C31H32ClN5O6S2/c1-4-43-30(40)27-23-10-5-6-11-24(23)45-29(27)34-26(38)17-44-31-36-35-25(37(31)20-9-7-8-19(32)14-20)16-33-28(39)18-12-21(41-2)15-22(13-18)42-3/h7-9,12-15H,4-6,10-11,16-17H2,1-3H3,(H,33,39)(H,34,38). The van der Waals surface area contributed by atoms with Gasteiger partial charge in [-0.3, -0.25) is 14.2 Å². The number of thiophene rings is 1. The van der Waals surface area contributed by atoms with Crippen LogP contribution in [0.25, 0.3) is 5.69 Å². The fourth-order valence-corrected chi connectivity index (χ4v) is 7.20. The van der Waals surface area contributed by atoms with E-state index in [1.165, 1.54) is 37.3 Å². The largest absolute Gasteiger partial charge is 0.497 e. The summed E-state index contributed by atoms with van der Waals surface area (Å²) in [6, 6.07) is 12.0. The second-order valence-electron chi connectivity index (χ2n) is 9.97. The summed E-state index contributed by atoms with van der Waals surface area (Å²) in [5, 5.41) is 15.9. The highest BCUT2D eigenvalue weighted by atomic mass is 35.5. The van der Waals surface area contributed by atoms with Gasteiger partial charge in [-0.15, -0.1) is 21.5 Å². The van der Waals surface area contributed by atoms with E-state index in [-0.39, 0.29) is 30.7 Å². The van der Waals surface area contributed by atoms with Crippen molar-refractivity contribution < 1.29 is 28.6 Å². The topological polar surface area (TPSA) is 134 Å². The van der Waals surface area contributed by atoms with Gasteiger partial charge in [0, 0.05) is 21.5 Å². The first kappa shape index (κ1) is 32.3. The predicted molar refractivity (Wildman–Crippen MR) is 173 cm³/mol. The van der Waals surface area contributed by atoms with E-state index in [2.05, 4.69) is 20.8 Å². The van der Waals surface area contributed by atoms with Gasteiger partial charge in [0.2, 0.25) is 5.91 Å². The Kier molecular flexibility index (Phi) is 10.6. The number of fused-ring (bicyclic) bond motifs is 1. The number of thioether (sulfide) groups is 1. The number of amides is 2. The number of anilines is 1. The van der Waals surface area contributed by atoms with Crippen LogP contribution in [0.4, 0.5) is 5.00 Å². The van der Waals surface area contributed by atoms with Crippen LogP contribution in [0.1, 0.15) is 56.7 Å². The Hall–Kier alpha value is -4.07. The third-order valence-electron chi connectivity index (χ3n) is 7.02. The molecule has 14 heteroatoms. The van der Waals surface area contributed by atoms with E-state index in [4.69, 9.17) is 25.8 Å². The molecule has 5 rings (SSSR count). The van der Waals surface area contributed by atoms with Crippen molar-refractivity contribution in [3.8, 4) is 17.2 Å². The van der Waals surface area contributed by atoms with Crippen LogP contribution in [0.3, 0.4) is 0 Å². The van der Waals surface area contributed by atoms with Gasteiger partial charge in [-0.25, -0.2) is 4.79 Å². The summed E-state index contributed by atoms with van der Waals surface area (Å²) in [6.45, 7) is 2.05. The van der Waals surface area contributed by atoms with Crippen molar-refractivity contribution in [2.75, 3.05) is 31.9 Å². The number of hydrogen-bond donors (Lipinski definition) is 2. The first-order chi connectivity index (χ1) is 21.8. The number of benzene rings is 2. The Morgan fingerprint density at radius 1 is 1.04 bits per heavy atom. The van der Waals surface area contributed by atoms with Gasteiger partial charge in [0.05, 0.1) is 44.4 Å². The molecule has 0 spiro atoms. The lowest BCUT2D eigenvalue weighted by atomic mass is 9.95. The van der Waals surface area contributed by atoms with Gasteiger partial charge in [0.15, 0.2) is 11.0 Å². The maximum atomic E-state index is 13.2. The first-order valence-corrected chi connectivity index (χ1v) is 16.4. The van der Waals surface area contributed by atoms with E-state index in [1.807, 2.05) is 6.07 Å². The van der Waals surface area contributed by atoms with E-state index >= 15 is 0 Å². The van der Waals surface area contributed by atoms with Gasteiger partial charge in [0.25, 0.3) is 5.91 Å². The average molecular weight is 670 g/mol. The maximum Gasteiger partial charge on any atom is 0.341 e. The highest BCUT2D eigenvalue weighted by Gasteiger charge is 2.27. The summed E-state index contributed by atoms with van der Waals surface area (Å²) >= 11 is 8.91. The molecule has 0 bridgehead atoms. The number of aromatic nitrogens is 3. The molecule has 2 aromatic carbocycles. The summed E-state index contributed by atoms with van der Waals surface area (Å²) in [4.78, 5) is 40.2. The lowest BCUT2D eigenvalue weighted by Gasteiger charge is -2.13. The third kappa shape index (κ3) is 7.60. The molecule has 0 saturated heterocycles.